The zero-order valence-corrected chi connectivity index (χ0v) is 24.3. The van der Waals surface area contributed by atoms with E-state index in [0.717, 1.165) is 0 Å². The molecule has 1 unspecified atom stereocenters. The lowest BCUT2D eigenvalue weighted by Gasteiger charge is -2.34. The minimum absolute atomic E-state index is 0.0893. The third kappa shape index (κ3) is 7.85. The van der Waals surface area contributed by atoms with Crippen molar-refractivity contribution in [3.63, 3.8) is 0 Å². The van der Waals surface area contributed by atoms with Gasteiger partial charge in [0, 0.05) is 56.5 Å². The maximum atomic E-state index is 12.7. The van der Waals surface area contributed by atoms with E-state index in [0.29, 0.717) is 56.1 Å². The predicted octanol–water partition coefficient (Wildman–Crippen LogP) is 2.71. The Morgan fingerprint density at radius 3 is 2.11 bits per heavy atom. The molecule has 228 valence electrons. The summed E-state index contributed by atoms with van der Waals surface area (Å²) in [4.78, 5) is 58.6. The van der Waals surface area contributed by atoms with Gasteiger partial charge in [-0.3, -0.25) is 29.1 Å². The van der Waals surface area contributed by atoms with Gasteiger partial charge in [0.25, 0.3) is 5.91 Å². The predicted molar refractivity (Wildman–Crippen MR) is 162 cm³/mol. The van der Waals surface area contributed by atoms with Crippen LogP contribution in [0.15, 0.2) is 83.9 Å². The zero-order chi connectivity index (χ0) is 31.1. The number of hydrogen-bond donors (Lipinski definition) is 1. The number of piperazine rings is 1. The van der Waals surface area contributed by atoms with Crippen LogP contribution in [0.25, 0.3) is 0 Å². The second kappa shape index (κ2) is 13.9. The van der Waals surface area contributed by atoms with Gasteiger partial charge < -0.3 is 19.9 Å². The fourth-order valence-corrected chi connectivity index (χ4v) is 4.99. The third-order valence-electron chi connectivity index (χ3n) is 7.20. The SMILES string of the molecule is CC(=O)Oc1ccccc1OC(=O)CN1CCN(CC2CN(c3ccc(C(N)=NC(=O)c4ccccc4)cc3)C(=O)O2)CC1. The molecule has 0 bridgehead atoms. The molecular formula is C32H33N5O7. The number of anilines is 1. The van der Waals surface area contributed by atoms with Gasteiger partial charge in [0.2, 0.25) is 0 Å². The lowest BCUT2D eigenvalue weighted by molar-refractivity contribution is -0.137. The van der Waals surface area contributed by atoms with Crippen molar-refractivity contribution in [2.24, 2.45) is 10.7 Å². The van der Waals surface area contributed by atoms with E-state index in [1.165, 1.54) is 6.92 Å². The van der Waals surface area contributed by atoms with Crippen molar-refractivity contribution < 1.29 is 33.4 Å². The van der Waals surface area contributed by atoms with Gasteiger partial charge in [0.15, 0.2) is 11.5 Å². The maximum Gasteiger partial charge on any atom is 0.414 e. The highest BCUT2D eigenvalue weighted by Gasteiger charge is 2.34. The number of rotatable bonds is 9. The Labute approximate surface area is 254 Å². The van der Waals surface area contributed by atoms with Crippen LogP contribution < -0.4 is 20.1 Å². The molecule has 2 aliphatic rings. The molecule has 3 aromatic carbocycles. The molecule has 2 N–H and O–H groups in total. The number of nitrogens with two attached hydrogens (primary N) is 1. The van der Waals surface area contributed by atoms with Crippen molar-refractivity contribution >= 4 is 35.5 Å². The lowest BCUT2D eigenvalue weighted by atomic mass is 10.1. The summed E-state index contributed by atoms with van der Waals surface area (Å²) in [5, 5.41) is 0. The van der Waals surface area contributed by atoms with E-state index in [1.54, 1.807) is 77.7 Å². The summed E-state index contributed by atoms with van der Waals surface area (Å²) < 4.78 is 16.2. The number of carbonyl (C=O) groups excluding carboxylic acids is 4. The Morgan fingerprint density at radius 1 is 0.841 bits per heavy atom. The van der Waals surface area contributed by atoms with Gasteiger partial charge in [0.05, 0.1) is 13.1 Å². The zero-order valence-electron chi connectivity index (χ0n) is 24.3. The molecule has 3 aromatic rings. The Kier molecular flexibility index (Phi) is 9.62. The van der Waals surface area contributed by atoms with Gasteiger partial charge in [-0.2, -0.15) is 4.99 Å². The van der Waals surface area contributed by atoms with Crippen molar-refractivity contribution in [2.45, 2.75) is 13.0 Å². The number of benzene rings is 3. The normalized spacial score (nSPS) is 17.7. The Bertz CT molecular complexity index is 1540. The summed E-state index contributed by atoms with van der Waals surface area (Å²) in [6, 6.07) is 22.1. The van der Waals surface area contributed by atoms with Crippen LogP contribution in [0.1, 0.15) is 22.8 Å². The first-order valence-electron chi connectivity index (χ1n) is 14.2. The maximum absolute atomic E-state index is 12.7. The highest BCUT2D eigenvalue weighted by Crippen LogP contribution is 2.27. The van der Waals surface area contributed by atoms with E-state index in [-0.39, 0.29) is 30.0 Å². The fraction of sp³-hybridized carbons (Fsp3) is 0.281. The minimum Gasteiger partial charge on any atom is -0.443 e. The van der Waals surface area contributed by atoms with Crippen molar-refractivity contribution in [3.8, 4) is 11.5 Å². The number of cyclic esters (lactones) is 1. The second-order valence-corrected chi connectivity index (χ2v) is 10.4. The number of nitrogens with zero attached hydrogens (tertiary/aromatic N) is 4. The van der Waals surface area contributed by atoms with Crippen LogP contribution in [0.2, 0.25) is 0 Å². The molecule has 2 heterocycles. The molecule has 44 heavy (non-hydrogen) atoms. The number of amides is 2. The van der Waals surface area contributed by atoms with Crippen LogP contribution in [0.4, 0.5) is 10.5 Å². The molecule has 5 rings (SSSR count). The summed E-state index contributed by atoms with van der Waals surface area (Å²) in [5.41, 5.74) is 7.72. The summed E-state index contributed by atoms with van der Waals surface area (Å²) >= 11 is 0. The quantitative estimate of drug-likeness (QED) is 0.169. The lowest BCUT2D eigenvalue weighted by Crippen LogP contribution is -2.50. The largest absolute Gasteiger partial charge is 0.443 e. The first-order chi connectivity index (χ1) is 21.2. The number of ether oxygens (including phenoxy) is 3. The molecule has 0 aromatic heterocycles. The Balaban J connectivity index is 1.08. The molecular weight excluding hydrogens is 566 g/mol. The average Bonchev–Trinajstić information content (AvgIpc) is 3.38. The molecule has 2 aliphatic heterocycles. The summed E-state index contributed by atoms with van der Waals surface area (Å²) in [6.07, 6.45) is -0.745. The van der Waals surface area contributed by atoms with Crippen molar-refractivity contribution in [2.75, 3.05) is 50.7 Å². The topological polar surface area (TPSA) is 144 Å². The van der Waals surface area contributed by atoms with Crippen LogP contribution in [-0.2, 0) is 14.3 Å². The van der Waals surface area contributed by atoms with Gasteiger partial charge in [-0.15, -0.1) is 0 Å². The average molecular weight is 600 g/mol. The van der Waals surface area contributed by atoms with Crippen LogP contribution in [0.3, 0.4) is 0 Å². The van der Waals surface area contributed by atoms with Crippen LogP contribution >= 0.6 is 0 Å². The first-order valence-corrected chi connectivity index (χ1v) is 14.2. The number of carbonyl (C=O) groups is 4. The summed E-state index contributed by atoms with van der Waals surface area (Å²) in [5.74, 6) is -0.888. The number of para-hydroxylation sites is 2. The molecule has 2 amide bonds. The second-order valence-electron chi connectivity index (χ2n) is 10.4. The molecule has 2 saturated heterocycles. The Hall–Kier alpha value is -5.07. The Morgan fingerprint density at radius 2 is 1.45 bits per heavy atom. The molecule has 0 saturated carbocycles. The van der Waals surface area contributed by atoms with Gasteiger partial charge in [-0.1, -0.05) is 30.3 Å². The standard InChI is InChI=1S/C32H33N5O7/c1-22(38)42-27-9-5-6-10-28(27)44-29(39)21-36-17-15-35(16-18-36)19-26-20-37(32(41)43-26)25-13-11-23(12-14-25)30(33)34-31(40)24-7-3-2-4-8-24/h2-14,26H,15-21H2,1H3,(H2,33,34,40). The highest BCUT2D eigenvalue weighted by atomic mass is 16.6. The molecule has 0 spiro atoms. The van der Waals surface area contributed by atoms with Crippen LogP contribution in [0.5, 0.6) is 11.5 Å². The number of aliphatic imine (C=N–C) groups is 1. The molecule has 12 nitrogen and oxygen atoms in total. The van der Waals surface area contributed by atoms with Gasteiger partial charge in [0.1, 0.15) is 11.9 Å². The van der Waals surface area contributed by atoms with E-state index in [1.807, 2.05) is 11.0 Å². The van der Waals surface area contributed by atoms with Gasteiger partial charge >= 0.3 is 18.0 Å². The highest BCUT2D eigenvalue weighted by molar-refractivity contribution is 6.09. The minimum atomic E-state index is -0.498. The van der Waals surface area contributed by atoms with Crippen LogP contribution in [0, 0.1) is 0 Å². The molecule has 2 fully saturated rings. The monoisotopic (exact) mass is 599 g/mol. The molecule has 0 radical (unpaired) electrons. The number of hydrogen-bond acceptors (Lipinski definition) is 9. The summed E-state index contributed by atoms with van der Waals surface area (Å²) in [7, 11) is 0. The summed E-state index contributed by atoms with van der Waals surface area (Å²) in [6.45, 7) is 5.01. The van der Waals surface area contributed by atoms with E-state index in [2.05, 4.69) is 9.89 Å². The number of amidine groups is 1. The molecule has 0 aliphatic carbocycles. The molecule has 1 atom stereocenters. The van der Waals surface area contributed by atoms with E-state index >= 15 is 0 Å². The van der Waals surface area contributed by atoms with Crippen LogP contribution in [-0.4, -0.2) is 91.5 Å². The van der Waals surface area contributed by atoms with Gasteiger partial charge in [-0.05, 0) is 48.5 Å². The van der Waals surface area contributed by atoms with E-state index < -0.39 is 23.9 Å². The van der Waals surface area contributed by atoms with Gasteiger partial charge in [-0.25, -0.2) is 4.79 Å². The molecule has 12 heteroatoms. The number of esters is 2. The first kappa shape index (κ1) is 30.4. The van der Waals surface area contributed by atoms with Crippen molar-refractivity contribution in [3.05, 3.63) is 90.0 Å². The smallest absolute Gasteiger partial charge is 0.414 e. The third-order valence-corrected chi connectivity index (χ3v) is 7.20. The van der Waals surface area contributed by atoms with Crippen molar-refractivity contribution in [1.29, 1.82) is 0 Å². The van der Waals surface area contributed by atoms with E-state index in [4.69, 9.17) is 19.9 Å². The van der Waals surface area contributed by atoms with Crippen molar-refractivity contribution in [1.82, 2.24) is 9.80 Å². The fourth-order valence-electron chi connectivity index (χ4n) is 4.99. The van der Waals surface area contributed by atoms with E-state index in [9.17, 15) is 19.2 Å².